The fourth-order valence-electron chi connectivity index (χ4n) is 4.72. The summed E-state index contributed by atoms with van der Waals surface area (Å²) < 4.78 is 0. The van der Waals surface area contributed by atoms with Crippen LogP contribution < -0.4 is 5.32 Å². The highest BCUT2D eigenvalue weighted by Crippen LogP contribution is 2.48. The number of anilines is 1. The number of nitrogens with zero attached hydrogens (tertiary/aromatic N) is 2. The number of Topliss-reactive ketones (excluding diaryl/α,β-unsaturated/α-hetero) is 1. The van der Waals surface area contributed by atoms with Gasteiger partial charge in [0.15, 0.2) is 0 Å². The van der Waals surface area contributed by atoms with Crippen LogP contribution in [0.2, 0.25) is 0 Å². The highest BCUT2D eigenvalue weighted by molar-refractivity contribution is 6.04. The van der Waals surface area contributed by atoms with Crippen molar-refractivity contribution in [3.8, 4) is 0 Å². The summed E-state index contributed by atoms with van der Waals surface area (Å²) >= 11 is 0. The van der Waals surface area contributed by atoms with Crippen molar-refractivity contribution in [1.82, 2.24) is 9.88 Å². The highest BCUT2D eigenvalue weighted by Gasteiger charge is 2.43. The van der Waals surface area contributed by atoms with Gasteiger partial charge in [-0.05, 0) is 78.8 Å². The first-order chi connectivity index (χ1) is 17.0. The predicted octanol–water partition coefficient (Wildman–Crippen LogP) is 5.46. The molecule has 4 aromatic rings. The van der Waals surface area contributed by atoms with Gasteiger partial charge in [0, 0.05) is 47.9 Å². The third kappa shape index (κ3) is 5.47. The van der Waals surface area contributed by atoms with Crippen molar-refractivity contribution in [2.45, 2.75) is 25.3 Å². The molecule has 1 heterocycles. The molecule has 1 aliphatic rings. The Hall–Kier alpha value is -3.83. The van der Waals surface area contributed by atoms with Gasteiger partial charge in [-0.15, -0.1) is 0 Å². The monoisotopic (exact) mass is 463 g/mol. The summed E-state index contributed by atoms with van der Waals surface area (Å²) in [5.41, 5.74) is 4.63. The van der Waals surface area contributed by atoms with E-state index in [4.69, 9.17) is 0 Å². The lowest BCUT2D eigenvalue weighted by Gasteiger charge is -2.12. The summed E-state index contributed by atoms with van der Waals surface area (Å²) in [6.45, 7) is 0.812. The average Bonchev–Trinajstić information content (AvgIpc) is 3.65. The maximum atomic E-state index is 13.0. The predicted molar refractivity (Wildman–Crippen MR) is 140 cm³/mol. The van der Waals surface area contributed by atoms with Crippen LogP contribution in [0.4, 0.5) is 5.69 Å². The molecule has 1 aliphatic carbocycles. The number of benzene rings is 3. The Morgan fingerprint density at radius 1 is 0.943 bits per heavy atom. The van der Waals surface area contributed by atoms with Gasteiger partial charge in [0.1, 0.15) is 5.78 Å². The van der Waals surface area contributed by atoms with Gasteiger partial charge < -0.3 is 10.2 Å². The molecular weight excluding hydrogens is 434 g/mol. The Labute approximate surface area is 205 Å². The number of amides is 1. The van der Waals surface area contributed by atoms with Crippen LogP contribution >= 0.6 is 0 Å². The van der Waals surface area contributed by atoms with E-state index in [0.29, 0.717) is 12.0 Å². The molecule has 5 rings (SSSR count). The van der Waals surface area contributed by atoms with Crippen molar-refractivity contribution in [3.05, 3.63) is 107 Å². The van der Waals surface area contributed by atoms with Crippen LogP contribution in [0.1, 0.15) is 39.4 Å². The van der Waals surface area contributed by atoms with Gasteiger partial charge in [0.2, 0.25) is 0 Å². The van der Waals surface area contributed by atoms with Crippen LogP contribution in [0.15, 0.2) is 85.2 Å². The highest BCUT2D eigenvalue weighted by atomic mass is 16.1. The van der Waals surface area contributed by atoms with Crippen LogP contribution in [0, 0.1) is 5.92 Å². The van der Waals surface area contributed by atoms with Crippen molar-refractivity contribution < 1.29 is 9.59 Å². The second-order valence-electron chi connectivity index (χ2n) is 9.67. The molecule has 1 fully saturated rings. The second kappa shape index (κ2) is 9.80. The molecule has 5 heteroatoms. The fraction of sp³-hybridized carbons (Fsp3) is 0.233. The fourth-order valence-corrected chi connectivity index (χ4v) is 4.72. The van der Waals surface area contributed by atoms with Crippen molar-refractivity contribution in [1.29, 1.82) is 0 Å². The van der Waals surface area contributed by atoms with E-state index in [1.54, 1.807) is 6.20 Å². The molecule has 1 N–H and O–H groups in total. The van der Waals surface area contributed by atoms with E-state index in [1.807, 2.05) is 81.0 Å². The first-order valence-electron chi connectivity index (χ1n) is 12.0. The molecule has 2 atom stereocenters. The van der Waals surface area contributed by atoms with E-state index < -0.39 is 0 Å². The summed E-state index contributed by atoms with van der Waals surface area (Å²) in [5, 5.41) is 5.19. The van der Waals surface area contributed by atoms with Crippen LogP contribution in [0.3, 0.4) is 0 Å². The average molecular weight is 464 g/mol. The quantitative estimate of drug-likeness (QED) is 0.377. The van der Waals surface area contributed by atoms with Gasteiger partial charge in [0.05, 0.1) is 0 Å². The van der Waals surface area contributed by atoms with Crippen molar-refractivity contribution in [2.24, 2.45) is 5.92 Å². The number of aromatic nitrogens is 1. The van der Waals surface area contributed by atoms with Gasteiger partial charge in [-0.25, -0.2) is 0 Å². The molecule has 0 spiro atoms. The number of nitrogens with one attached hydrogen (secondary N) is 1. The maximum Gasteiger partial charge on any atom is 0.255 e. The standard InChI is InChI=1S/C30H29N3O2/c1-33(2)19-21-5-3-8-26(14-21)32-30(35)24-7-4-6-23(16-24)27-17-28(27)29(34)15-20-9-10-25-18-31-12-11-22(25)13-20/h3-14,16,18,27-28H,15,17,19H2,1-2H3,(H,32,35)/t27-,28+/m0/s1. The lowest BCUT2D eigenvalue weighted by atomic mass is 10.00. The third-order valence-electron chi connectivity index (χ3n) is 6.55. The molecule has 1 aromatic heterocycles. The zero-order valence-electron chi connectivity index (χ0n) is 20.1. The minimum absolute atomic E-state index is 0.0177. The number of ketones is 1. The molecule has 3 aromatic carbocycles. The van der Waals surface area contributed by atoms with E-state index in [-0.39, 0.29) is 23.5 Å². The van der Waals surface area contributed by atoms with Gasteiger partial charge in [-0.2, -0.15) is 0 Å². The molecule has 0 saturated heterocycles. The molecule has 5 nitrogen and oxygen atoms in total. The van der Waals surface area contributed by atoms with E-state index in [1.165, 1.54) is 0 Å². The molecule has 1 amide bonds. The minimum Gasteiger partial charge on any atom is -0.322 e. The molecular formula is C30H29N3O2. The molecule has 0 bridgehead atoms. The van der Waals surface area contributed by atoms with Crippen molar-refractivity contribution >= 4 is 28.2 Å². The van der Waals surface area contributed by atoms with Crippen LogP contribution in [-0.4, -0.2) is 35.7 Å². The van der Waals surface area contributed by atoms with Crippen molar-refractivity contribution in [3.63, 3.8) is 0 Å². The minimum atomic E-state index is -0.136. The normalized spacial score (nSPS) is 16.9. The zero-order valence-corrected chi connectivity index (χ0v) is 20.1. The van der Waals surface area contributed by atoms with Crippen LogP contribution in [-0.2, 0) is 17.8 Å². The number of rotatable bonds is 8. The SMILES string of the molecule is CN(C)Cc1cccc(NC(=O)c2cccc([C@@H]3C[C@H]3C(=O)Cc3ccc4cnccc4c3)c2)c1. The molecule has 35 heavy (non-hydrogen) atoms. The molecule has 0 radical (unpaired) electrons. The summed E-state index contributed by atoms with van der Waals surface area (Å²) in [7, 11) is 4.04. The second-order valence-corrected chi connectivity index (χ2v) is 9.67. The van der Waals surface area contributed by atoms with E-state index in [0.717, 1.165) is 46.1 Å². The Morgan fingerprint density at radius 3 is 2.66 bits per heavy atom. The molecule has 176 valence electrons. The smallest absolute Gasteiger partial charge is 0.255 e. The summed E-state index contributed by atoms with van der Waals surface area (Å²) in [4.78, 5) is 32.1. The topological polar surface area (TPSA) is 62.3 Å². The number of hydrogen-bond donors (Lipinski definition) is 1. The Morgan fingerprint density at radius 2 is 1.80 bits per heavy atom. The van der Waals surface area contributed by atoms with E-state index in [2.05, 4.69) is 27.3 Å². The lowest BCUT2D eigenvalue weighted by Crippen LogP contribution is -2.14. The van der Waals surface area contributed by atoms with Crippen LogP contribution in [0.5, 0.6) is 0 Å². The third-order valence-corrected chi connectivity index (χ3v) is 6.55. The maximum absolute atomic E-state index is 13.0. The van der Waals surface area contributed by atoms with E-state index in [9.17, 15) is 9.59 Å². The van der Waals surface area contributed by atoms with Gasteiger partial charge in [-0.1, -0.05) is 42.5 Å². The van der Waals surface area contributed by atoms with Crippen LogP contribution in [0.25, 0.3) is 10.8 Å². The Bertz CT molecular complexity index is 1400. The summed E-state index contributed by atoms with van der Waals surface area (Å²) in [6.07, 6.45) is 4.88. The number of pyridine rings is 1. The number of fused-ring (bicyclic) bond motifs is 1. The first kappa shape index (κ1) is 22.9. The molecule has 1 saturated carbocycles. The number of carbonyl (C=O) groups is 2. The summed E-state index contributed by atoms with van der Waals surface area (Å²) in [6, 6.07) is 23.7. The van der Waals surface area contributed by atoms with Gasteiger partial charge >= 0.3 is 0 Å². The van der Waals surface area contributed by atoms with E-state index >= 15 is 0 Å². The molecule has 0 aliphatic heterocycles. The lowest BCUT2D eigenvalue weighted by molar-refractivity contribution is -0.119. The largest absolute Gasteiger partial charge is 0.322 e. The molecule has 0 unspecified atom stereocenters. The first-order valence-corrected chi connectivity index (χ1v) is 12.0. The van der Waals surface area contributed by atoms with Gasteiger partial charge in [-0.3, -0.25) is 14.6 Å². The summed E-state index contributed by atoms with van der Waals surface area (Å²) in [5.74, 6) is 0.325. The Balaban J connectivity index is 1.23. The number of carbonyl (C=O) groups excluding carboxylic acids is 2. The Kier molecular flexibility index (Phi) is 6.43. The zero-order chi connectivity index (χ0) is 24.4. The van der Waals surface area contributed by atoms with Crippen molar-refractivity contribution in [2.75, 3.05) is 19.4 Å². The number of hydrogen-bond acceptors (Lipinski definition) is 4. The van der Waals surface area contributed by atoms with Gasteiger partial charge in [0.25, 0.3) is 5.91 Å².